The van der Waals surface area contributed by atoms with Gasteiger partial charge in [0.15, 0.2) is 0 Å². The van der Waals surface area contributed by atoms with Gasteiger partial charge >= 0.3 is 0 Å². The van der Waals surface area contributed by atoms with Crippen LogP contribution < -0.4 is 0 Å². The zero-order valence-corrected chi connectivity index (χ0v) is 17.9. The average molecular weight is 437 g/mol. The standard InChI is InChI=1S/C24H22ClFN4O/c1-29-14-15(13-27-29)9-10-21(31)30-12-11-17-16-5-2-3-8-20(16)28-23(17)24(30)22-18(25)6-4-7-19(22)26/h2-8,13-14,24,28H,9-12H2,1H3/t24-/m0/s1. The van der Waals surface area contributed by atoms with Crippen LogP contribution in [0.3, 0.4) is 0 Å². The Morgan fingerprint density at radius 1 is 1.26 bits per heavy atom. The summed E-state index contributed by atoms with van der Waals surface area (Å²) < 4.78 is 16.7. The van der Waals surface area contributed by atoms with E-state index in [2.05, 4.69) is 16.1 Å². The lowest BCUT2D eigenvalue weighted by atomic mass is 9.91. The van der Waals surface area contributed by atoms with Gasteiger partial charge in [0.2, 0.25) is 5.91 Å². The third-order valence-corrected chi connectivity index (χ3v) is 6.34. The lowest BCUT2D eigenvalue weighted by molar-refractivity contribution is -0.133. The summed E-state index contributed by atoms with van der Waals surface area (Å²) in [5.74, 6) is -0.438. The summed E-state index contributed by atoms with van der Waals surface area (Å²) in [6, 6.07) is 12.1. The zero-order valence-electron chi connectivity index (χ0n) is 17.1. The molecule has 3 heterocycles. The second-order valence-electron chi connectivity index (χ2n) is 7.96. The molecule has 31 heavy (non-hydrogen) atoms. The van der Waals surface area contributed by atoms with Crippen molar-refractivity contribution in [3.63, 3.8) is 0 Å². The zero-order chi connectivity index (χ0) is 21.5. The van der Waals surface area contributed by atoms with Crippen molar-refractivity contribution in [3.8, 4) is 0 Å². The van der Waals surface area contributed by atoms with Gasteiger partial charge in [-0.1, -0.05) is 35.9 Å². The number of H-pyrrole nitrogens is 1. The number of halogens is 2. The van der Waals surface area contributed by atoms with E-state index in [1.165, 1.54) is 6.07 Å². The van der Waals surface area contributed by atoms with E-state index in [1.807, 2.05) is 31.4 Å². The first kappa shape index (κ1) is 19.8. The minimum Gasteiger partial charge on any atom is -0.356 e. The monoisotopic (exact) mass is 436 g/mol. The molecule has 0 saturated heterocycles. The minimum absolute atomic E-state index is 0.0301. The van der Waals surface area contributed by atoms with Crippen LogP contribution in [0.25, 0.3) is 10.9 Å². The maximum Gasteiger partial charge on any atom is 0.223 e. The van der Waals surface area contributed by atoms with Crippen molar-refractivity contribution in [2.45, 2.75) is 25.3 Å². The summed E-state index contributed by atoms with van der Waals surface area (Å²) in [4.78, 5) is 18.5. The van der Waals surface area contributed by atoms with Gasteiger partial charge in [0, 0.05) is 53.4 Å². The summed E-state index contributed by atoms with van der Waals surface area (Å²) in [5.41, 5.74) is 4.28. The first-order valence-electron chi connectivity index (χ1n) is 10.3. The fourth-order valence-electron chi connectivity index (χ4n) is 4.58. The molecule has 1 aliphatic rings. The number of aromatic amines is 1. The van der Waals surface area contributed by atoms with E-state index in [1.54, 1.807) is 27.9 Å². The van der Waals surface area contributed by atoms with E-state index < -0.39 is 11.9 Å². The Bertz CT molecular complexity index is 1260. The van der Waals surface area contributed by atoms with Crippen LogP contribution >= 0.6 is 11.6 Å². The molecule has 4 aromatic rings. The summed E-state index contributed by atoms with van der Waals surface area (Å²) in [6.07, 6.45) is 5.29. The predicted molar refractivity (Wildman–Crippen MR) is 118 cm³/mol. The lowest BCUT2D eigenvalue weighted by Gasteiger charge is -2.37. The van der Waals surface area contributed by atoms with Crippen molar-refractivity contribution in [1.29, 1.82) is 0 Å². The molecule has 0 radical (unpaired) electrons. The highest BCUT2D eigenvalue weighted by molar-refractivity contribution is 6.31. The van der Waals surface area contributed by atoms with Crippen LogP contribution in [0.5, 0.6) is 0 Å². The number of hydrogen-bond acceptors (Lipinski definition) is 2. The number of benzene rings is 2. The van der Waals surface area contributed by atoms with E-state index in [-0.39, 0.29) is 5.91 Å². The van der Waals surface area contributed by atoms with Crippen LogP contribution in [-0.4, -0.2) is 32.1 Å². The number of para-hydroxylation sites is 1. The molecule has 2 aromatic carbocycles. The van der Waals surface area contributed by atoms with Gasteiger partial charge in [-0.2, -0.15) is 5.10 Å². The topological polar surface area (TPSA) is 53.9 Å². The summed E-state index contributed by atoms with van der Waals surface area (Å²) >= 11 is 6.47. The van der Waals surface area contributed by atoms with Gasteiger partial charge in [0.1, 0.15) is 11.9 Å². The number of aryl methyl sites for hydroxylation is 2. The van der Waals surface area contributed by atoms with Crippen molar-refractivity contribution in [2.24, 2.45) is 7.05 Å². The number of fused-ring (bicyclic) bond motifs is 3. The first-order valence-corrected chi connectivity index (χ1v) is 10.7. The smallest absolute Gasteiger partial charge is 0.223 e. The molecular formula is C24H22ClFN4O. The summed E-state index contributed by atoms with van der Waals surface area (Å²) in [5, 5.41) is 5.60. The van der Waals surface area contributed by atoms with E-state index in [0.29, 0.717) is 36.4 Å². The van der Waals surface area contributed by atoms with Crippen LogP contribution in [-0.2, 0) is 24.7 Å². The summed E-state index contributed by atoms with van der Waals surface area (Å²) in [6.45, 7) is 0.510. The predicted octanol–water partition coefficient (Wildman–Crippen LogP) is 4.80. The maximum atomic E-state index is 15.0. The van der Waals surface area contributed by atoms with Gasteiger partial charge in [-0.3, -0.25) is 9.48 Å². The van der Waals surface area contributed by atoms with Gasteiger partial charge in [-0.05, 0) is 42.2 Å². The third-order valence-electron chi connectivity index (χ3n) is 6.01. The molecule has 0 bridgehead atoms. The Labute approximate surface area is 184 Å². The van der Waals surface area contributed by atoms with Crippen molar-refractivity contribution in [1.82, 2.24) is 19.7 Å². The normalized spacial score (nSPS) is 16.0. The highest BCUT2D eigenvalue weighted by atomic mass is 35.5. The highest BCUT2D eigenvalue weighted by Crippen LogP contribution is 2.41. The molecule has 5 nitrogen and oxygen atoms in total. The molecule has 1 atom stereocenters. The molecule has 1 N–H and O–H groups in total. The van der Waals surface area contributed by atoms with Crippen molar-refractivity contribution in [2.75, 3.05) is 6.54 Å². The number of carbonyl (C=O) groups is 1. The second kappa shape index (κ2) is 7.85. The van der Waals surface area contributed by atoms with Crippen LogP contribution in [0.2, 0.25) is 5.02 Å². The van der Waals surface area contributed by atoms with E-state index in [0.717, 1.165) is 27.7 Å². The Morgan fingerprint density at radius 3 is 2.87 bits per heavy atom. The third kappa shape index (κ3) is 3.51. The van der Waals surface area contributed by atoms with Crippen LogP contribution in [0.15, 0.2) is 54.9 Å². The lowest BCUT2D eigenvalue weighted by Crippen LogP contribution is -2.41. The molecule has 0 saturated carbocycles. The SMILES string of the molecule is Cn1cc(CCC(=O)N2CCc3c([nH]c4ccccc34)[C@@H]2c2c(F)cccc2Cl)cn1. The average Bonchev–Trinajstić information content (AvgIpc) is 3.35. The Morgan fingerprint density at radius 2 is 2.10 bits per heavy atom. The molecule has 1 aliphatic heterocycles. The Hall–Kier alpha value is -3.12. The van der Waals surface area contributed by atoms with Crippen LogP contribution in [0, 0.1) is 5.82 Å². The second-order valence-corrected chi connectivity index (χ2v) is 8.37. The molecule has 158 valence electrons. The molecular weight excluding hydrogens is 415 g/mol. The van der Waals surface area contributed by atoms with E-state index in [9.17, 15) is 4.79 Å². The molecule has 0 spiro atoms. The highest BCUT2D eigenvalue weighted by Gasteiger charge is 2.36. The number of aromatic nitrogens is 3. The number of nitrogens with zero attached hydrogens (tertiary/aromatic N) is 3. The Balaban J connectivity index is 1.56. The fraction of sp³-hybridized carbons (Fsp3) is 0.250. The number of amides is 1. The molecule has 7 heteroatoms. The minimum atomic E-state index is -0.591. The molecule has 0 unspecified atom stereocenters. The van der Waals surface area contributed by atoms with E-state index >= 15 is 4.39 Å². The number of hydrogen-bond donors (Lipinski definition) is 1. The molecule has 1 amide bonds. The van der Waals surface area contributed by atoms with Crippen molar-refractivity contribution >= 4 is 28.4 Å². The number of rotatable bonds is 4. The first-order chi connectivity index (χ1) is 15.0. The van der Waals surface area contributed by atoms with Gasteiger partial charge in [-0.25, -0.2) is 4.39 Å². The van der Waals surface area contributed by atoms with Gasteiger partial charge in [-0.15, -0.1) is 0 Å². The van der Waals surface area contributed by atoms with Crippen molar-refractivity contribution < 1.29 is 9.18 Å². The Kier molecular flexibility index (Phi) is 5.02. The molecule has 2 aromatic heterocycles. The van der Waals surface area contributed by atoms with Crippen LogP contribution in [0.1, 0.15) is 34.8 Å². The maximum absolute atomic E-state index is 15.0. The number of nitrogens with one attached hydrogen (secondary N) is 1. The van der Waals surface area contributed by atoms with Gasteiger partial charge < -0.3 is 9.88 Å². The van der Waals surface area contributed by atoms with Gasteiger partial charge in [0.25, 0.3) is 0 Å². The van der Waals surface area contributed by atoms with Crippen molar-refractivity contribution in [3.05, 3.63) is 88.1 Å². The molecule has 5 rings (SSSR count). The largest absolute Gasteiger partial charge is 0.356 e. The fourth-order valence-corrected chi connectivity index (χ4v) is 4.84. The molecule has 0 fully saturated rings. The van der Waals surface area contributed by atoms with E-state index in [4.69, 9.17) is 11.6 Å². The van der Waals surface area contributed by atoms with Gasteiger partial charge in [0.05, 0.1) is 6.20 Å². The number of carbonyl (C=O) groups excluding carboxylic acids is 1. The quantitative estimate of drug-likeness (QED) is 0.499. The van der Waals surface area contributed by atoms with Crippen LogP contribution in [0.4, 0.5) is 4.39 Å². The summed E-state index contributed by atoms with van der Waals surface area (Å²) in [7, 11) is 1.85. The molecule has 0 aliphatic carbocycles.